The lowest BCUT2D eigenvalue weighted by Crippen LogP contribution is -2.44. The Kier molecular flexibility index (Phi) is 7.88. The molecule has 2 rings (SSSR count). The lowest BCUT2D eigenvalue weighted by Gasteiger charge is -2.16. The van der Waals surface area contributed by atoms with Crippen LogP contribution in [0.4, 0.5) is 0 Å². The summed E-state index contributed by atoms with van der Waals surface area (Å²) in [6, 6.07) is 15.3. The lowest BCUT2D eigenvalue weighted by atomic mass is 10.1. The molecule has 0 aromatic heterocycles. The maximum absolute atomic E-state index is 12.1. The number of carbonyl (C=O) groups is 3. The molecule has 7 heteroatoms. The molecule has 2 aromatic carbocycles. The van der Waals surface area contributed by atoms with Gasteiger partial charge in [-0.25, -0.2) is 9.59 Å². The van der Waals surface area contributed by atoms with Gasteiger partial charge in [0.2, 0.25) is 0 Å². The van der Waals surface area contributed by atoms with Crippen LogP contribution in [0.15, 0.2) is 59.5 Å². The number of thioether (sulfide) groups is 1. The van der Waals surface area contributed by atoms with Gasteiger partial charge in [0.05, 0.1) is 12.7 Å². The summed E-state index contributed by atoms with van der Waals surface area (Å²) < 4.78 is 9.76. The van der Waals surface area contributed by atoms with Crippen molar-refractivity contribution in [3.8, 4) is 0 Å². The molecule has 0 unspecified atom stereocenters. The van der Waals surface area contributed by atoms with Crippen molar-refractivity contribution in [3.63, 3.8) is 0 Å². The van der Waals surface area contributed by atoms with Crippen molar-refractivity contribution in [2.45, 2.75) is 17.4 Å². The van der Waals surface area contributed by atoms with Gasteiger partial charge in [-0.2, -0.15) is 0 Å². The predicted octanol–water partition coefficient (Wildman–Crippen LogP) is 2.47. The van der Waals surface area contributed by atoms with Crippen LogP contribution < -0.4 is 5.32 Å². The molecule has 0 heterocycles. The van der Waals surface area contributed by atoms with Crippen molar-refractivity contribution < 1.29 is 23.9 Å². The van der Waals surface area contributed by atoms with E-state index in [1.165, 1.54) is 7.11 Å². The van der Waals surface area contributed by atoms with Crippen molar-refractivity contribution in [1.29, 1.82) is 0 Å². The summed E-state index contributed by atoms with van der Waals surface area (Å²) in [5, 5.41) is 2.55. The molecule has 1 atom stereocenters. The van der Waals surface area contributed by atoms with E-state index < -0.39 is 30.5 Å². The molecule has 0 radical (unpaired) electrons. The van der Waals surface area contributed by atoms with Crippen LogP contribution in [0.1, 0.15) is 15.9 Å². The van der Waals surface area contributed by atoms with E-state index in [9.17, 15) is 14.4 Å². The summed E-state index contributed by atoms with van der Waals surface area (Å²) in [4.78, 5) is 37.1. The molecule has 0 aliphatic heterocycles. The number of methoxy groups -OCH3 is 1. The SMILES string of the molecule is COC(=O)[C@H](Cc1ccccc1)NC(=O)COC(=O)c1ccc(SC)cc1. The van der Waals surface area contributed by atoms with E-state index in [0.717, 1.165) is 10.5 Å². The number of hydrogen-bond donors (Lipinski definition) is 1. The summed E-state index contributed by atoms with van der Waals surface area (Å²) in [6.07, 6.45) is 2.22. The standard InChI is InChI=1S/C20H21NO5S/c1-25-20(24)17(12-14-6-4-3-5-7-14)21-18(22)13-26-19(23)15-8-10-16(27-2)11-9-15/h3-11,17H,12-13H2,1-2H3,(H,21,22)/t17-/m0/s1. The highest BCUT2D eigenvalue weighted by Gasteiger charge is 2.22. The molecule has 0 aliphatic carbocycles. The lowest BCUT2D eigenvalue weighted by molar-refractivity contribution is -0.145. The van der Waals surface area contributed by atoms with E-state index in [2.05, 4.69) is 5.32 Å². The monoisotopic (exact) mass is 387 g/mol. The quantitative estimate of drug-likeness (QED) is 0.554. The smallest absolute Gasteiger partial charge is 0.338 e. The number of rotatable bonds is 8. The molecule has 0 spiro atoms. The highest BCUT2D eigenvalue weighted by Crippen LogP contribution is 2.15. The second-order valence-electron chi connectivity index (χ2n) is 5.64. The zero-order valence-corrected chi connectivity index (χ0v) is 16.0. The Labute approximate surface area is 162 Å². The van der Waals surface area contributed by atoms with Gasteiger partial charge in [-0.05, 0) is 36.1 Å². The van der Waals surface area contributed by atoms with Crippen LogP contribution in [0.5, 0.6) is 0 Å². The Morgan fingerprint density at radius 1 is 1.04 bits per heavy atom. The number of benzene rings is 2. The number of carbonyl (C=O) groups excluding carboxylic acids is 3. The second-order valence-corrected chi connectivity index (χ2v) is 6.52. The minimum Gasteiger partial charge on any atom is -0.467 e. The van der Waals surface area contributed by atoms with Crippen LogP contribution in [-0.2, 0) is 25.5 Å². The van der Waals surface area contributed by atoms with Crippen molar-refractivity contribution in [3.05, 3.63) is 65.7 Å². The third kappa shape index (κ3) is 6.45. The van der Waals surface area contributed by atoms with Crippen molar-refractivity contribution in [1.82, 2.24) is 5.32 Å². The van der Waals surface area contributed by atoms with E-state index in [1.54, 1.807) is 36.0 Å². The maximum atomic E-state index is 12.1. The normalized spacial score (nSPS) is 11.3. The number of amides is 1. The predicted molar refractivity (Wildman–Crippen MR) is 103 cm³/mol. The first-order valence-electron chi connectivity index (χ1n) is 8.25. The first-order chi connectivity index (χ1) is 13.0. The Hall–Kier alpha value is -2.80. The van der Waals surface area contributed by atoms with Gasteiger partial charge in [0.1, 0.15) is 6.04 Å². The van der Waals surface area contributed by atoms with E-state index >= 15 is 0 Å². The first-order valence-corrected chi connectivity index (χ1v) is 9.48. The van der Waals surface area contributed by atoms with Crippen LogP contribution in [0.3, 0.4) is 0 Å². The summed E-state index contributed by atoms with van der Waals surface area (Å²) in [6.45, 7) is -0.481. The largest absolute Gasteiger partial charge is 0.467 e. The van der Waals surface area contributed by atoms with Gasteiger partial charge in [0, 0.05) is 11.3 Å². The molecule has 0 fully saturated rings. The topological polar surface area (TPSA) is 81.7 Å². The minimum atomic E-state index is -0.857. The van der Waals surface area contributed by atoms with Gasteiger partial charge in [0.15, 0.2) is 6.61 Å². The van der Waals surface area contributed by atoms with Crippen LogP contribution in [0.2, 0.25) is 0 Å². The molecule has 27 heavy (non-hydrogen) atoms. The summed E-state index contributed by atoms with van der Waals surface area (Å²) >= 11 is 1.56. The Morgan fingerprint density at radius 2 is 1.70 bits per heavy atom. The third-order valence-corrected chi connectivity index (χ3v) is 4.51. The maximum Gasteiger partial charge on any atom is 0.338 e. The molecular formula is C20H21NO5S. The van der Waals surface area contributed by atoms with Crippen LogP contribution in [0, 0.1) is 0 Å². The molecule has 1 amide bonds. The fourth-order valence-corrected chi connectivity index (χ4v) is 2.77. The molecule has 0 bridgehead atoms. The highest BCUT2D eigenvalue weighted by atomic mass is 32.2. The molecule has 0 aliphatic rings. The van der Waals surface area contributed by atoms with Gasteiger partial charge in [0.25, 0.3) is 5.91 Å². The average molecular weight is 387 g/mol. The molecule has 1 N–H and O–H groups in total. The van der Waals surface area contributed by atoms with Crippen molar-refractivity contribution >= 4 is 29.6 Å². The second kappa shape index (κ2) is 10.4. The van der Waals surface area contributed by atoms with E-state index in [1.807, 2.05) is 36.6 Å². The van der Waals surface area contributed by atoms with Gasteiger partial charge < -0.3 is 14.8 Å². The van der Waals surface area contributed by atoms with Crippen molar-refractivity contribution in [2.24, 2.45) is 0 Å². The van der Waals surface area contributed by atoms with Crippen molar-refractivity contribution in [2.75, 3.05) is 20.0 Å². The first kappa shape index (κ1) is 20.5. The van der Waals surface area contributed by atoms with Gasteiger partial charge >= 0.3 is 11.9 Å². The summed E-state index contributed by atoms with van der Waals surface area (Å²) in [5.74, 6) is -1.74. The molecule has 0 saturated heterocycles. The van der Waals surface area contributed by atoms with Gasteiger partial charge in [-0.3, -0.25) is 4.79 Å². The van der Waals surface area contributed by atoms with Crippen LogP contribution >= 0.6 is 11.8 Å². The zero-order chi connectivity index (χ0) is 19.6. The third-order valence-electron chi connectivity index (χ3n) is 3.76. The van der Waals surface area contributed by atoms with Gasteiger partial charge in [-0.15, -0.1) is 11.8 Å². The number of hydrogen-bond acceptors (Lipinski definition) is 6. The minimum absolute atomic E-state index is 0.281. The summed E-state index contributed by atoms with van der Waals surface area (Å²) in [7, 11) is 1.25. The Balaban J connectivity index is 1.90. The van der Waals surface area contributed by atoms with E-state index in [-0.39, 0.29) is 6.42 Å². The van der Waals surface area contributed by atoms with E-state index in [4.69, 9.17) is 9.47 Å². The summed E-state index contributed by atoms with van der Waals surface area (Å²) in [5.41, 5.74) is 1.23. The average Bonchev–Trinajstić information content (AvgIpc) is 2.71. The zero-order valence-electron chi connectivity index (χ0n) is 15.1. The number of nitrogens with one attached hydrogen (secondary N) is 1. The Bertz CT molecular complexity index is 777. The van der Waals surface area contributed by atoms with Crippen LogP contribution in [-0.4, -0.2) is 43.9 Å². The number of ether oxygens (including phenoxy) is 2. The molecule has 2 aromatic rings. The molecular weight excluding hydrogens is 366 g/mol. The van der Waals surface area contributed by atoms with Gasteiger partial charge in [-0.1, -0.05) is 30.3 Å². The molecule has 0 saturated carbocycles. The number of esters is 2. The molecule has 142 valence electrons. The fourth-order valence-electron chi connectivity index (χ4n) is 2.36. The Morgan fingerprint density at radius 3 is 2.30 bits per heavy atom. The fraction of sp³-hybridized carbons (Fsp3) is 0.250. The molecule has 6 nitrogen and oxygen atoms in total. The van der Waals surface area contributed by atoms with Crippen LogP contribution in [0.25, 0.3) is 0 Å². The highest BCUT2D eigenvalue weighted by molar-refractivity contribution is 7.98. The van der Waals surface area contributed by atoms with E-state index in [0.29, 0.717) is 5.56 Å².